The molecule has 1 atom stereocenters. The summed E-state index contributed by atoms with van der Waals surface area (Å²) < 4.78 is 26.4. The Morgan fingerprint density at radius 3 is 1.26 bits per heavy atom. The highest BCUT2D eigenvalue weighted by molar-refractivity contribution is 6.62. The van der Waals surface area contributed by atoms with Crippen molar-refractivity contribution in [3.63, 3.8) is 0 Å². The van der Waals surface area contributed by atoms with Crippen molar-refractivity contribution in [1.29, 1.82) is 0 Å². The zero-order valence-electron chi connectivity index (χ0n) is 45.1. The van der Waals surface area contributed by atoms with Gasteiger partial charge in [-0.3, -0.25) is 0 Å². The van der Waals surface area contributed by atoms with Gasteiger partial charge in [0.05, 0.1) is 33.5 Å². The first-order chi connectivity index (χ1) is 35.1. The first-order valence-corrected chi connectivity index (χ1v) is 26.5. The molecule has 7 aromatic carbocycles. The minimum absolute atomic E-state index is 0.323. The highest BCUT2D eigenvalue weighted by atomic mass is 16.7. The lowest BCUT2D eigenvalue weighted by Crippen LogP contribution is -2.41. The van der Waals surface area contributed by atoms with E-state index in [4.69, 9.17) is 18.6 Å². The summed E-state index contributed by atoms with van der Waals surface area (Å²) >= 11 is 0. The molecule has 0 aromatic heterocycles. The van der Waals surface area contributed by atoms with Crippen LogP contribution < -0.4 is 15.8 Å². The number of hydrogen-bond acceptors (Lipinski definition) is 5. The number of benzene rings is 7. The molecule has 1 unspecified atom stereocenters. The van der Waals surface area contributed by atoms with E-state index < -0.39 is 42.1 Å². The molecule has 368 valence electrons. The summed E-state index contributed by atoms with van der Waals surface area (Å²) in [7, 11) is -0.892. The van der Waals surface area contributed by atoms with Crippen molar-refractivity contribution in [2.45, 2.75) is 122 Å². The van der Waals surface area contributed by atoms with Crippen molar-refractivity contribution in [3.05, 3.63) is 215 Å². The third-order valence-corrected chi connectivity index (χ3v) is 18.9. The first-order valence-electron chi connectivity index (χ1n) is 26.5. The van der Waals surface area contributed by atoms with Gasteiger partial charge in [-0.15, -0.1) is 0 Å². The Labute approximate surface area is 439 Å². The van der Waals surface area contributed by atoms with Crippen LogP contribution in [0.4, 0.5) is 17.1 Å². The normalized spacial score (nSPS) is 21.7. The number of rotatable bonds is 7. The molecule has 6 aliphatic rings. The quantitative estimate of drug-likeness (QED) is 0.149. The molecule has 13 rings (SSSR count). The Morgan fingerprint density at radius 1 is 0.392 bits per heavy atom. The Hall–Kier alpha value is -6.47. The number of anilines is 3. The summed E-state index contributed by atoms with van der Waals surface area (Å²) in [5, 5.41) is 0. The van der Waals surface area contributed by atoms with Crippen LogP contribution in [0.2, 0.25) is 0 Å². The van der Waals surface area contributed by atoms with Crippen LogP contribution in [0.5, 0.6) is 0 Å². The third kappa shape index (κ3) is 6.10. The molecular formula is C67H65B2NO4. The Bertz CT molecular complexity index is 3490. The molecule has 1 spiro atoms. The van der Waals surface area contributed by atoms with Crippen molar-refractivity contribution < 1.29 is 18.6 Å². The molecule has 2 aliphatic heterocycles. The first kappa shape index (κ1) is 47.3. The fourth-order valence-electron chi connectivity index (χ4n) is 13.5. The van der Waals surface area contributed by atoms with Gasteiger partial charge >= 0.3 is 14.2 Å². The van der Waals surface area contributed by atoms with Crippen molar-refractivity contribution in [2.24, 2.45) is 0 Å². The number of fused-ring (bicyclic) bond motifs is 13. The monoisotopic (exact) mass is 970 g/mol. The lowest BCUT2D eigenvalue weighted by molar-refractivity contribution is 0.00578. The predicted molar refractivity (Wildman–Crippen MR) is 307 cm³/mol. The van der Waals surface area contributed by atoms with Gasteiger partial charge in [-0.1, -0.05) is 162 Å². The maximum atomic E-state index is 6.60. The van der Waals surface area contributed by atoms with Crippen LogP contribution in [0, 0.1) is 0 Å². The van der Waals surface area contributed by atoms with Gasteiger partial charge in [-0.2, -0.15) is 0 Å². The predicted octanol–water partition coefficient (Wildman–Crippen LogP) is 14.8. The molecule has 7 aromatic rings. The van der Waals surface area contributed by atoms with E-state index >= 15 is 0 Å². The van der Waals surface area contributed by atoms with Gasteiger partial charge in [0.1, 0.15) is 0 Å². The molecule has 5 nitrogen and oxygen atoms in total. The van der Waals surface area contributed by atoms with Crippen LogP contribution in [0.25, 0.3) is 39.0 Å². The average Bonchev–Trinajstić information content (AvgIpc) is 4.10. The van der Waals surface area contributed by atoms with E-state index in [1.165, 1.54) is 77.9 Å². The van der Waals surface area contributed by atoms with E-state index in [1.807, 2.05) is 6.08 Å². The standard InChI is InChI=1S/C67H65B2NO4/c1-15-44-45-22-17-19-24-52(45)67(51(44)16-2)53-25-20-18-23-50(53)60-54(67)26-21-27-59(60)70(42-30-34-48-46-32-28-40(36-55(46)61(3,4)57(48)38-42)68-71-63(7,8)64(9,10)72-68)43-31-35-49-47-33-29-41(37-56(47)62(5,6)58(49)39-43)69-73-65(11,12)66(13,14)74-69/h15-39H,1-2H2,3-14H3. The van der Waals surface area contributed by atoms with Gasteiger partial charge in [0, 0.05) is 27.8 Å². The van der Waals surface area contributed by atoms with Crippen LogP contribution in [-0.4, -0.2) is 36.6 Å². The molecule has 2 saturated heterocycles. The van der Waals surface area contributed by atoms with Gasteiger partial charge in [-0.05, 0) is 180 Å². The maximum Gasteiger partial charge on any atom is 0.494 e. The fourth-order valence-corrected chi connectivity index (χ4v) is 13.5. The van der Waals surface area contributed by atoms with Gasteiger partial charge in [-0.25, -0.2) is 0 Å². The zero-order valence-corrected chi connectivity index (χ0v) is 45.1. The zero-order chi connectivity index (χ0) is 51.9. The summed E-state index contributed by atoms with van der Waals surface area (Å²) in [5.41, 5.74) is 22.2. The number of hydrogen-bond donors (Lipinski definition) is 0. The lowest BCUT2D eigenvalue weighted by Gasteiger charge is -2.33. The van der Waals surface area contributed by atoms with Crippen molar-refractivity contribution in [1.82, 2.24) is 0 Å². The molecule has 2 fully saturated rings. The topological polar surface area (TPSA) is 40.2 Å². The Kier molecular flexibility index (Phi) is 9.79. The Balaban J connectivity index is 1.000. The van der Waals surface area contributed by atoms with E-state index in [2.05, 4.69) is 247 Å². The third-order valence-electron chi connectivity index (χ3n) is 18.9. The van der Waals surface area contributed by atoms with E-state index in [-0.39, 0.29) is 10.8 Å². The van der Waals surface area contributed by atoms with Gasteiger partial charge in [0.15, 0.2) is 0 Å². The minimum Gasteiger partial charge on any atom is -0.399 e. The average molecular weight is 970 g/mol. The molecule has 0 bridgehead atoms. The van der Waals surface area contributed by atoms with E-state index in [0.29, 0.717) is 0 Å². The van der Waals surface area contributed by atoms with Crippen molar-refractivity contribution >= 4 is 47.8 Å². The lowest BCUT2D eigenvalue weighted by atomic mass is 9.69. The molecule has 0 amide bonds. The van der Waals surface area contributed by atoms with Crippen LogP contribution >= 0.6 is 0 Å². The van der Waals surface area contributed by atoms with Crippen LogP contribution in [-0.2, 0) is 34.9 Å². The molecule has 4 aliphatic carbocycles. The highest BCUT2D eigenvalue weighted by Gasteiger charge is 2.55. The summed E-state index contributed by atoms with van der Waals surface area (Å²) in [6, 6.07) is 52.7. The van der Waals surface area contributed by atoms with Gasteiger partial charge in [0.2, 0.25) is 0 Å². The molecule has 0 saturated carbocycles. The van der Waals surface area contributed by atoms with Crippen LogP contribution in [0.1, 0.15) is 128 Å². The SMILES string of the molecule is C=CC1=C(C=C)C2(c3ccccc31)c1ccccc1-c1c(N(c3ccc4c(c3)C(C)(C)c3cc(B5OC(C)(C)C(C)(C)O5)ccc3-4)c3ccc4c(c3)C(C)(C)c3cc(B5OC(C)(C)C(C)(C)O5)ccc3-4)cccc12. The summed E-state index contributed by atoms with van der Waals surface area (Å²) in [6.07, 6.45) is 4.09. The highest BCUT2D eigenvalue weighted by Crippen LogP contribution is 2.65. The second-order valence-corrected chi connectivity index (χ2v) is 24.6. The summed E-state index contributed by atoms with van der Waals surface area (Å²) in [4.78, 5) is 2.53. The summed E-state index contributed by atoms with van der Waals surface area (Å²) in [6.45, 7) is 35.3. The minimum atomic E-state index is -0.581. The van der Waals surface area contributed by atoms with Crippen LogP contribution in [0.15, 0.2) is 170 Å². The van der Waals surface area contributed by atoms with Crippen molar-refractivity contribution in [2.75, 3.05) is 4.90 Å². The fraction of sp³-hybridized carbons (Fsp3) is 0.284. The number of allylic oxidation sites excluding steroid dienone is 4. The van der Waals surface area contributed by atoms with Gasteiger partial charge < -0.3 is 23.5 Å². The molecular weight excluding hydrogens is 904 g/mol. The smallest absolute Gasteiger partial charge is 0.399 e. The summed E-state index contributed by atoms with van der Waals surface area (Å²) in [5.74, 6) is 0. The maximum absolute atomic E-state index is 6.60. The second kappa shape index (κ2) is 15.3. The molecule has 74 heavy (non-hydrogen) atoms. The van der Waals surface area contributed by atoms with Crippen LogP contribution in [0.3, 0.4) is 0 Å². The molecule has 0 radical (unpaired) electrons. The van der Waals surface area contributed by atoms with E-state index in [9.17, 15) is 0 Å². The van der Waals surface area contributed by atoms with Crippen molar-refractivity contribution in [3.8, 4) is 33.4 Å². The molecule has 2 heterocycles. The second-order valence-electron chi connectivity index (χ2n) is 24.6. The van der Waals surface area contributed by atoms with E-state index in [1.54, 1.807) is 0 Å². The number of nitrogens with zero attached hydrogens (tertiary/aromatic N) is 1. The van der Waals surface area contributed by atoms with Gasteiger partial charge in [0.25, 0.3) is 0 Å². The molecule has 7 heteroatoms. The molecule has 0 N–H and O–H groups in total. The Morgan fingerprint density at radius 2 is 0.797 bits per heavy atom. The largest absolute Gasteiger partial charge is 0.494 e. The van der Waals surface area contributed by atoms with E-state index in [0.717, 1.165) is 39.1 Å².